The van der Waals surface area contributed by atoms with Gasteiger partial charge in [0.1, 0.15) is 31.3 Å². The van der Waals surface area contributed by atoms with Gasteiger partial charge < -0.3 is 28.8 Å². The number of carbonyl (C=O) groups excluding carboxylic acids is 2. The van der Waals surface area contributed by atoms with E-state index in [0.717, 1.165) is 5.56 Å². The fourth-order valence-corrected chi connectivity index (χ4v) is 5.13. The lowest BCUT2D eigenvalue weighted by Crippen LogP contribution is -2.31. The van der Waals surface area contributed by atoms with Gasteiger partial charge >= 0.3 is 0 Å². The van der Waals surface area contributed by atoms with E-state index < -0.39 is 17.7 Å². The smallest absolute Gasteiger partial charge is 0.295 e. The van der Waals surface area contributed by atoms with Crippen molar-refractivity contribution in [3.05, 3.63) is 114 Å². The molecule has 0 radical (unpaired) electrons. The number of hydrogen-bond acceptors (Lipinski definition) is 7. The zero-order valence-electron chi connectivity index (χ0n) is 22.3. The van der Waals surface area contributed by atoms with Crippen LogP contribution in [0.25, 0.3) is 5.76 Å². The van der Waals surface area contributed by atoms with Crippen molar-refractivity contribution in [3.8, 4) is 17.2 Å². The molecule has 2 aliphatic heterocycles. The van der Waals surface area contributed by atoms with Gasteiger partial charge in [-0.3, -0.25) is 9.59 Å². The van der Waals surface area contributed by atoms with Crippen molar-refractivity contribution in [2.24, 2.45) is 0 Å². The number of aliphatic hydroxyl groups excluding tert-OH is 1. The highest BCUT2D eigenvalue weighted by Gasteiger charge is 2.45. The summed E-state index contributed by atoms with van der Waals surface area (Å²) in [6.07, 6.45) is 5.85. The van der Waals surface area contributed by atoms with Crippen LogP contribution in [0.2, 0.25) is 0 Å². The molecule has 1 amide bonds. The van der Waals surface area contributed by atoms with Crippen LogP contribution >= 0.6 is 0 Å². The van der Waals surface area contributed by atoms with E-state index in [1.807, 2.05) is 65.4 Å². The number of Topliss-reactive ketones (excluding diaryl/α,β-unsaturated/α-hetero) is 1. The maximum absolute atomic E-state index is 13.4. The number of amides is 1. The van der Waals surface area contributed by atoms with E-state index >= 15 is 0 Å². The third-order valence-electron chi connectivity index (χ3n) is 7.17. The Hall–Kier alpha value is -5.05. The SMILES string of the molecule is O=C1C(=O)N(CCCn2ccnc2)[C@@H](c2ccc(OCc3ccccc3)cc2)/C1=C(\O)c1ccc2c(c1)OCCO2. The number of fused-ring (bicyclic) bond motifs is 1. The Morgan fingerprint density at radius 2 is 1.73 bits per heavy atom. The fourth-order valence-electron chi connectivity index (χ4n) is 5.13. The van der Waals surface area contributed by atoms with E-state index in [1.165, 1.54) is 4.90 Å². The van der Waals surface area contributed by atoms with E-state index in [2.05, 4.69) is 4.98 Å². The van der Waals surface area contributed by atoms with Crippen LogP contribution in [0.3, 0.4) is 0 Å². The number of benzene rings is 3. The fraction of sp³-hybridized carbons (Fsp3) is 0.219. The number of nitrogens with zero attached hydrogens (tertiary/aromatic N) is 3. The van der Waals surface area contributed by atoms with Gasteiger partial charge in [-0.2, -0.15) is 0 Å². The molecule has 6 rings (SSSR count). The number of ether oxygens (including phenoxy) is 3. The number of aliphatic hydroxyl groups is 1. The monoisotopic (exact) mass is 551 g/mol. The molecule has 0 bridgehead atoms. The van der Waals surface area contributed by atoms with Crippen LogP contribution in [0.4, 0.5) is 0 Å². The van der Waals surface area contributed by atoms with Crippen LogP contribution in [0, 0.1) is 0 Å². The summed E-state index contributed by atoms with van der Waals surface area (Å²) in [5, 5.41) is 11.4. The lowest BCUT2D eigenvalue weighted by molar-refractivity contribution is -0.139. The second-order valence-corrected chi connectivity index (χ2v) is 9.85. The van der Waals surface area contributed by atoms with Crippen molar-refractivity contribution in [2.45, 2.75) is 25.6 Å². The van der Waals surface area contributed by atoms with Crippen LogP contribution in [-0.4, -0.2) is 51.0 Å². The summed E-state index contributed by atoms with van der Waals surface area (Å²) in [7, 11) is 0. The van der Waals surface area contributed by atoms with Gasteiger partial charge in [-0.05, 0) is 47.9 Å². The predicted molar refractivity (Wildman–Crippen MR) is 151 cm³/mol. The molecule has 0 spiro atoms. The Morgan fingerprint density at radius 1 is 0.951 bits per heavy atom. The Morgan fingerprint density at radius 3 is 2.49 bits per heavy atom. The molecule has 3 aromatic carbocycles. The summed E-state index contributed by atoms with van der Waals surface area (Å²) in [5.41, 5.74) is 2.14. The van der Waals surface area contributed by atoms with Crippen molar-refractivity contribution in [3.63, 3.8) is 0 Å². The summed E-state index contributed by atoms with van der Waals surface area (Å²) in [4.78, 5) is 32.3. The largest absolute Gasteiger partial charge is 0.507 e. The first-order chi connectivity index (χ1) is 20.1. The van der Waals surface area contributed by atoms with Gasteiger partial charge in [0.15, 0.2) is 11.5 Å². The van der Waals surface area contributed by atoms with Crippen LogP contribution in [0.5, 0.6) is 17.2 Å². The molecule has 9 heteroatoms. The molecular weight excluding hydrogens is 522 g/mol. The van der Waals surface area contributed by atoms with E-state index in [4.69, 9.17) is 14.2 Å². The van der Waals surface area contributed by atoms with Gasteiger partial charge in [-0.15, -0.1) is 0 Å². The predicted octanol–water partition coefficient (Wildman–Crippen LogP) is 4.75. The first-order valence-electron chi connectivity index (χ1n) is 13.5. The highest BCUT2D eigenvalue weighted by atomic mass is 16.6. The van der Waals surface area contributed by atoms with Crippen molar-refractivity contribution in [1.29, 1.82) is 0 Å². The molecule has 41 heavy (non-hydrogen) atoms. The zero-order valence-corrected chi connectivity index (χ0v) is 22.3. The molecule has 1 fully saturated rings. The molecule has 9 nitrogen and oxygen atoms in total. The average Bonchev–Trinajstić information content (AvgIpc) is 3.63. The highest BCUT2D eigenvalue weighted by Crippen LogP contribution is 2.41. The lowest BCUT2D eigenvalue weighted by atomic mass is 9.95. The van der Waals surface area contributed by atoms with Gasteiger partial charge in [0.2, 0.25) is 0 Å². The summed E-state index contributed by atoms with van der Waals surface area (Å²) in [6.45, 7) is 2.18. The minimum Gasteiger partial charge on any atom is -0.507 e. The van der Waals surface area contributed by atoms with Crippen molar-refractivity contribution >= 4 is 17.4 Å². The van der Waals surface area contributed by atoms with Crippen LogP contribution in [-0.2, 0) is 22.7 Å². The van der Waals surface area contributed by atoms with Gasteiger partial charge in [0, 0.05) is 31.0 Å². The Labute approximate surface area is 237 Å². The minimum atomic E-state index is -0.769. The summed E-state index contributed by atoms with van der Waals surface area (Å²) >= 11 is 0. The quantitative estimate of drug-likeness (QED) is 0.182. The molecule has 0 unspecified atom stereocenters. The van der Waals surface area contributed by atoms with Gasteiger partial charge in [0.05, 0.1) is 17.9 Å². The molecule has 1 atom stereocenters. The number of imidazole rings is 1. The highest BCUT2D eigenvalue weighted by molar-refractivity contribution is 6.46. The topological polar surface area (TPSA) is 103 Å². The van der Waals surface area contributed by atoms with Crippen molar-refractivity contribution < 1.29 is 28.9 Å². The van der Waals surface area contributed by atoms with E-state index in [-0.39, 0.29) is 11.3 Å². The van der Waals surface area contributed by atoms with E-state index in [9.17, 15) is 14.7 Å². The number of carbonyl (C=O) groups is 2. The molecule has 3 heterocycles. The molecule has 208 valence electrons. The number of rotatable bonds is 9. The normalized spacial score (nSPS) is 17.6. The van der Waals surface area contributed by atoms with Crippen LogP contribution in [0.15, 0.2) is 97.1 Å². The standard InChI is InChI=1S/C32H29N3O6/c36-30(24-9-12-26-27(19-24)40-18-17-39-26)28-29(35(32(38)31(28)37)15-4-14-34-16-13-33-21-34)23-7-10-25(11-8-23)41-20-22-5-2-1-3-6-22/h1-3,5-13,16,19,21,29,36H,4,14-15,17-18,20H2/b30-28+/t29-/m0/s1. The minimum absolute atomic E-state index is 0.0345. The number of hydrogen-bond donors (Lipinski definition) is 1. The molecule has 1 aromatic heterocycles. The maximum Gasteiger partial charge on any atom is 0.295 e. The average molecular weight is 552 g/mol. The van der Waals surface area contributed by atoms with Gasteiger partial charge in [-0.1, -0.05) is 42.5 Å². The Kier molecular flexibility index (Phi) is 7.40. The van der Waals surface area contributed by atoms with E-state index in [1.54, 1.807) is 30.7 Å². The zero-order chi connectivity index (χ0) is 28.2. The number of ketones is 1. The van der Waals surface area contributed by atoms with E-state index in [0.29, 0.717) is 67.7 Å². The van der Waals surface area contributed by atoms with Crippen molar-refractivity contribution in [1.82, 2.24) is 14.5 Å². The lowest BCUT2D eigenvalue weighted by Gasteiger charge is -2.26. The molecule has 0 aliphatic carbocycles. The molecule has 1 saturated heterocycles. The van der Waals surface area contributed by atoms with Crippen LogP contribution in [0.1, 0.15) is 29.2 Å². The Bertz CT molecular complexity index is 1560. The number of aryl methyl sites for hydroxylation is 1. The van der Waals surface area contributed by atoms with Crippen LogP contribution < -0.4 is 14.2 Å². The van der Waals surface area contributed by atoms with Gasteiger partial charge in [0.25, 0.3) is 11.7 Å². The Balaban J connectivity index is 1.31. The number of likely N-dealkylation sites (tertiary alicyclic amines) is 1. The van der Waals surface area contributed by atoms with Crippen molar-refractivity contribution in [2.75, 3.05) is 19.8 Å². The third kappa shape index (κ3) is 5.51. The first-order valence-corrected chi connectivity index (χ1v) is 13.5. The second-order valence-electron chi connectivity index (χ2n) is 9.85. The second kappa shape index (κ2) is 11.6. The van der Waals surface area contributed by atoms with Gasteiger partial charge in [-0.25, -0.2) is 4.98 Å². The third-order valence-corrected chi connectivity index (χ3v) is 7.17. The summed E-state index contributed by atoms with van der Waals surface area (Å²) in [6, 6.07) is 21.4. The number of aromatic nitrogens is 2. The summed E-state index contributed by atoms with van der Waals surface area (Å²) in [5.74, 6) is 0.0635. The maximum atomic E-state index is 13.4. The molecular formula is C32H29N3O6. The molecule has 2 aliphatic rings. The molecule has 4 aromatic rings. The molecule has 0 saturated carbocycles. The molecule has 1 N–H and O–H groups in total. The first kappa shape index (κ1) is 26.2. The summed E-state index contributed by atoms with van der Waals surface area (Å²) < 4.78 is 19.1.